The van der Waals surface area contributed by atoms with Gasteiger partial charge in [0.25, 0.3) is 5.91 Å². The summed E-state index contributed by atoms with van der Waals surface area (Å²) in [5, 5.41) is 3.45. The lowest BCUT2D eigenvalue weighted by Gasteiger charge is -2.11. The molecule has 1 N–H and O–H groups in total. The van der Waals surface area contributed by atoms with Crippen molar-refractivity contribution < 1.29 is 13.9 Å². The predicted molar refractivity (Wildman–Crippen MR) is 124 cm³/mol. The van der Waals surface area contributed by atoms with Crippen molar-refractivity contribution in [1.29, 1.82) is 0 Å². The number of benzene rings is 3. The fraction of sp³-hybridized carbons (Fsp3) is 0.200. The maximum Gasteiger partial charge on any atom is 0.262 e. The summed E-state index contributed by atoms with van der Waals surface area (Å²) in [5.41, 5.74) is 3.96. The van der Waals surface area contributed by atoms with Crippen molar-refractivity contribution in [3.8, 4) is 17.2 Å². The van der Waals surface area contributed by atoms with Crippen LogP contribution >= 0.6 is 11.6 Å². The van der Waals surface area contributed by atoms with Crippen molar-refractivity contribution in [3.63, 3.8) is 0 Å². The van der Waals surface area contributed by atoms with Gasteiger partial charge in [-0.15, -0.1) is 0 Å². The predicted octanol–water partition coefficient (Wildman–Crippen LogP) is 6.68. The van der Waals surface area contributed by atoms with Crippen LogP contribution in [0.1, 0.15) is 31.7 Å². The Balaban J connectivity index is 1.39. The zero-order valence-electron chi connectivity index (χ0n) is 17.4. The molecule has 0 saturated heterocycles. The largest absolute Gasteiger partial charge is 0.484 e. The van der Waals surface area contributed by atoms with Crippen LogP contribution in [0, 0.1) is 0 Å². The first-order valence-electron chi connectivity index (χ1n) is 10.2. The van der Waals surface area contributed by atoms with E-state index in [9.17, 15) is 4.79 Å². The Hall–Kier alpha value is -3.31. The van der Waals surface area contributed by atoms with Crippen molar-refractivity contribution >= 4 is 34.3 Å². The van der Waals surface area contributed by atoms with Crippen LogP contribution in [0.25, 0.3) is 22.6 Å². The number of halogens is 1. The lowest BCUT2D eigenvalue weighted by Crippen LogP contribution is -2.20. The summed E-state index contributed by atoms with van der Waals surface area (Å²) in [5.74, 6) is 1.40. The fourth-order valence-electron chi connectivity index (χ4n) is 3.22. The summed E-state index contributed by atoms with van der Waals surface area (Å²) < 4.78 is 11.4. The van der Waals surface area contributed by atoms with Crippen LogP contribution in [-0.2, 0) is 4.79 Å². The van der Waals surface area contributed by atoms with Crippen LogP contribution in [0.5, 0.6) is 5.75 Å². The van der Waals surface area contributed by atoms with Gasteiger partial charge in [-0.05, 0) is 66.4 Å². The van der Waals surface area contributed by atoms with Gasteiger partial charge >= 0.3 is 0 Å². The smallest absolute Gasteiger partial charge is 0.262 e. The number of nitrogens with zero attached hydrogens (tertiary/aromatic N) is 1. The minimum atomic E-state index is -0.246. The number of anilines is 1. The van der Waals surface area contributed by atoms with Crippen molar-refractivity contribution in [2.24, 2.45) is 0 Å². The number of aromatic nitrogens is 1. The van der Waals surface area contributed by atoms with E-state index in [4.69, 9.17) is 20.8 Å². The summed E-state index contributed by atoms with van der Waals surface area (Å²) in [4.78, 5) is 16.8. The third-order valence-electron chi connectivity index (χ3n) is 5.17. The van der Waals surface area contributed by atoms with Crippen LogP contribution in [0.4, 0.5) is 5.69 Å². The zero-order valence-corrected chi connectivity index (χ0v) is 18.1. The number of hydrogen-bond donors (Lipinski definition) is 1. The molecule has 0 spiro atoms. The van der Waals surface area contributed by atoms with Crippen molar-refractivity contribution in [2.75, 3.05) is 11.9 Å². The highest BCUT2D eigenvalue weighted by Gasteiger charge is 2.11. The van der Waals surface area contributed by atoms with E-state index in [0.717, 1.165) is 12.0 Å². The summed E-state index contributed by atoms with van der Waals surface area (Å²) in [7, 11) is 0. The van der Waals surface area contributed by atoms with E-state index in [2.05, 4.69) is 24.1 Å². The van der Waals surface area contributed by atoms with Gasteiger partial charge in [0.05, 0.1) is 0 Å². The molecule has 0 aliphatic rings. The summed E-state index contributed by atoms with van der Waals surface area (Å²) in [6, 6.07) is 20.5. The number of oxazole rings is 1. The van der Waals surface area contributed by atoms with E-state index in [-0.39, 0.29) is 12.5 Å². The SMILES string of the molecule is CC[C@H](C)c1ccc(OCC(=O)Nc2ccc3oc(-c4cccc(Cl)c4)nc3c2)cc1. The molecule has 5 nitrogen and oxygen atoms in total. The number of fused-ring (bicyclic) bond motifs is 1. The molecule has 0 bridgehead atoms. The summed E-state index contributed by atoms with van der Waals surface area (Å²) in [6.07, 6.45) is 1.08. The minimum Gasteiger partial charge on any atom is -0.484 e. The van der Waals surface area contributed by atoms with Crippen LogP contribution in [0.2, 0.25) is 5.02 Å². The number of ether oxygens (including phenoxy) is 1. The Labute approximate surface area is 186 Å². The maximum atomic E-state index is 12.3. The van der Waals surface area contributed by atoms with Gasteiger partial charge in [-0.3, -0.25) is 4.79 Å². The molecule has 1 aromatic heterocycles. The van der Waals surface area contributed by atoms with E-state index in [1.807, 2.05) is 36.4 Å². The van der Waals surface area contributed by atoms with E-state index in [0.29, 0.717) is 39.4 Å². The lowest BCUT2D eigenvalue weighted by atomic mass is 9.99. The molecular weight excluding hydrogens is 412 g/mol. The van der Waals surface area contributed by atoms with Crippen molar-refractivity contribution in [2.45, 2.75) is 26.2 Å². The molecule has 4 aromatic rings. The standard InChI is InChI=1S/C25H23ClN2O3/c1-3-16(2)17-7-10-21(11-8-17)30-15-24(29)27-20-9-12-23-22(14-20)28-25(31-23)18-5-4-6-19(26)13-18/h4-14,16H,3,15H2,1-2H3,(H,27,29)/t16-/m0/s1. The molecule has 0 fully saturated rings. The Morgan fingerprint density at radius 3 is 2.68 bits per heavy atom. The average molecular weight is 435 g/mol. The zero-order chi connectivity index (χ0) is 21.8. The molecule has 0 saturated carbocycles. The lowest BCUT2D eigenvalue weighted by molar-refractivity contribution is -0.118. The minimum absolute atomic E-state index is 0.0761. The van der Waals surface area contributed by atoms with Crippen molar-refractivity contribution in [3.05, 3.63) is 77.3 Å². The van der Waals surface area contributed by atoms with E-state index < -0.39 is 0 Å². The number of amides is 1. The average Bonchev–Trinajstić information content (AvgIpc) is 3.21. The molecule has 0 unspecified atom stereocenters. The maximum absolute atomic E-state index is 12.3. The molecule has 1 atom stereocenters. The second-order valence-corrected chi connectivity index (χ2v) is 7.86. The highest BCUT2D eigenvalue weighted by molar-refractivity contribution is 6.30. The molecule has 0 radical (unpaired) electrons. The molecular formula is C25H23ClN2O3. The van der Waals surface area contributed by atoms with Gasteiger partial charge in [0.15, 0.2) is 12.2 Å². The number of carbonyl (C=O) groups is 1. The number of rotatable bonds is 7. The summed E-state index contributed by atoms with van der Waals surface area (Å²) in [6.45, 7) is 4.27. The second-order valence-electron chi connectivity index (χ2n) is 7.43. The van der Waals surface area contributed by atoms with Gasteiger partial charge in [-0.1, -0.05) is 43.6 Å². The summed E-state index contributed by atoms with van der Waals surface area (Å²) >= 11 is 6.05. The fourth-order valence-corrected chi connectivity index (χ4v) is 3.41. The highest BCUT2D eigenvalue weighted by atomic mass is 35.5. The molecule has 0 aliphatic carbocycles. The first-order valence-corrected chi connectivity index (χ1v) is 10.6. The Bertz CT molecular complexity index is 1200. The van der Waals surface area contributed by atoms with Crippen LogP contribution in [-0.4, -0.2) is 17.5 Å². The molecule has 1 heterocycles. The molecule has 3 aromatic carbocycles. The Morgan fingerprint density at radius 1 is 1.13 bits per heavy atom. The van der Waals surface area contributed by atoms with Gasteiger partial charge in [-0.2, -0.15) is 0 Å². The monoisotopic (exact) mass is 434 g/mol. The molecule has 1 amide bonds. The molecule has 6 heteroatoms. The topological polar surface area (TPSA) is 64.4 Å². The normalized spacial score (nSPS) is 12.0. The Kier molecular flexibility index (Phi) is 6.23. The first kappa shape index (κ1) is 20.9. The van der Waals surface area contributed by atoms with E-state index in [1.54, 1.807) is 30.3 Å². The number of hydrogen-bond acceptors (Lipinski definition) is 4. The molecule has 158 valence electrons. The van der Waals surface area contributed by atoms with Gasteiger partial charge in [0.2, 0.25) is 5.89 Å². The van der Waals surface area contributed by atoms with Gasteiger partial charge in [-0.25, -0.2) is 4.98 Å². The molecule has 4 rings (SSSR count). The first-order chi connectivity index (χ1) is 15.0. The Morgan fingerprint density at radius 2 is 1.94 bits per heavy atom. The van der Waals surface area contributed by atoms with Crippen LogP contribution in [0.3, 0.4) is 0 Å². The molecule has 0 aliphatic heterocycles. The third-order valence-corrected chi connectivity index (χ3v) is 5.41. The van der Waals surface area contributed by atoms with Gasteiger partial charge < -0.3 is 14.5 Å². The highest BCUT2D eigenvalue weighted by Crippen LogP contribution is 2.28. The third kappa shape index (κ3) is 5.06. The number of carbonyl (C=O) groups excluding carboxylic acids is 1. The van der Waals surface area contributed by atoms with Gasteiger partial charge in [0.1, 0.15) is 11.3 Å². The second kappa shape index (κ2) is 9.23. The van der Waals surface area contributed by atoms with Crippen LogP contribution < -0.4 is 10.1 Å². The van der Waals surface area contributed by atoms with E-state index >= 15 is 0 Å². The van der Waals surface area contributed by atoms with E-state index in [1.165, 1.54) is 5.56 Å². The van der Waals surface area contributed by atoms with Crippen molar-refractivity contribution in [1.82, 2.24) is 4.98 Å². The quantitative estimate of drug-likeness (QED) is 0.352. The number of nitrogens with one attached hydrogen (secondary N) is 1. The van der Waals surface area contributed by atoms with Crippen LogP contribution in [0.15, 0.2) is 71.1 Å². The van der Waals surface area contributed by atoms with Gasteiger partial charge in [0, 0.05) is 16.3 Å². The molecule has 31 heavy (non-hydrogen) atoms.